The number of ether oxygens (including phenoxy) is 2. The molecule has 0 spiro atoms. The van der Waals surface area contributed by atoms with Crippen LogP contribution in [0.25, 0.3) is 0 Å². The lowest BCUT2D eigenvalue weighted by Crippen LogP contribution is -2.19. The van der Waals surface area contributed by atoms with Crippen LogP contribution in [0.1, 0.15) is 6.42 Å². The molecule has 0 heterocycles. The van der Waals surface area contributed by atoms with E-state index in [0.717, 1.165) is 13.2 Å². The molecule has 0 bridgehead atoms. The van der Waals surface area contributed by atoms with Crippen LogP contribution in [0.15, 0.2) is 0 Å². The van der Waals surface area contributed by atoms with Crippen LogP contribution in [-0.4, -0.2) is 58.6 Å². The lowest BCUT2D eigenvalue weighted by atomic mass is 10.5. The maximum atomic E-state index is 10.0. The zero-order valence-electron chi connectivity index (χ0n) is 8.62. The van der Waals surface area contributed by atoms with E-state index in [1.165, 1.54) is 0 Å². The van der Waals surface area contributed by atoms with Gasteiger partial charge < -0.3 is 14.4 Å². The lowest BCUT2D eigenvalue weighted by Gasteiger charge is -2.09. The standard InChI is InChI=1S/C9H20NO3/c1-10(2)4-7-13-9-8-12-6-3-5-11/h3-9H2,1-2H3. The van der Waals surface area contributed by atoms with Crippen LogP contribution >= 0.6 is 0 Å². The van der Waals surface area contributed by atoms with E-state index >= 15 is 0 Å². The maximum Gasteiger partial charge on any atom is 0.0844 e. The molecule has 0 unspecified atom stereocenters. The van der Waals surface area contributed by atoms with Gasteiger partial charge in [0.2, 0.25) is 0 Å². The molecule has 0 aromatic heterocycles. The Morgan fingerprint density at radius 1 is 1.00 bits per heavy atom. The van der Waals surface area contributed by atoms with Crippen molar-refractivity contribution in [3.8, 4) is 0 Å². The van der Waals surface area contributed by atoms with E-state index < -0.39 is 0 Å². The highest BCUT2D eigenvalue weighted by Gasteiger charge is 1.91. The molecule has 0 amide bonds. The third-order valence-corrected chi connectivity index (χ3v) is 1.49. The van der Waals surface area contributed by atoms with Gasteiger partial charge in [0.25, 0.3) is 0 Å². The molecule has 0 rings (SSSR count). The third-order valence-electron chi connectivity index (χ3n) is 1.49. The third kappa shape index (κ3) is 11.8. The van der Waals surface area contributed by atoms with Crippen LogP contribution in [0.3, 0.4) is 0 Å². The summed E-state index contributed by atoms with van der Waals surface area (Å²) in [5, 5.41) is 10.0. The Bertz CT molecular complexity index is 98.9. The van der Waals surface area contributed by atoms with Crippen molar-refractivity contribution in [1.29, 1.82) is 0 Å². The van der Waals surface area contributed by atoms with Gasteiger partial charge in [-0.25, -0.2) is 5.11 Å². The van der Waals surface area contributed by atoms with Crippen LogP contribution in [0.5, 0.6) is 0 Å². The molecular weight excluding hydrogens is 170 g/mol. The largest absolute Gasteiger partial charge is 0.379 e. The Hall–Kier alpha value is -0.160. The number of nitrogens with zero attached hydrogens (tertiary/aromatic N) is 1. The average molecular weight is 190 g/mol. The smallest absolute Gasteiger partial charge is 0.0844 e. The van der Waals surface area contributed by atoms with Crippen LogP contribution in [0, 0.1) is 0 Å². The molecule has 13 heavy (non-hydrogen) atoms. The van der Waals surface area contributed by atoms with E-state index in [0.29, 0.717) is 26.2 Å². The predicted octanol–water partition coefficient (Wildman–Crippen LogP) is 0.402. The molecule has 0 aliphatic carbocycles. The second-order valence-corrected chi connectivity index (χ2v) is 3.09. The molecule has 0 saturated carbocycles. The van der Waals surface area contributed by atoms with Gasteiger partial charge in [0.15, 0.2) is 0 Å². The van der Waals surface area contributed by atoms with E-state index in [2.05, 4.69) is 4.90 Å². The van der Waals surface area contributed by atoms with Gasteiger partial charge in [0.05, 0.1) is 26.4 Å². The second kappa shape index (κ2) is 9.92. The molecule has 1 radical (unpaired) electrons. The number of hydrogen-bond donors (Lipinski definition) is 0. The van der Waals surface area contributed by atoms with Crippen molar-refractivity contribution in [3.63, 3.8) is 0 Å². The molecule has 0 saturated heterocycles. The van der Waals surface area contributed by atoms with Crippen molar-refractivity contribution in [2.45, 2.75) is 6.42 Å². The van der Waals surface area contributed by atoms with Gasteiger partial charge in [0, 0.05) is 13.2 Å². The Morgan fingerprint density at radius 3 is 2.15 bits per heavy atom. The van der Waals surface area contributed by atoms with Crippen molar-refractivity contribution in [2.24, 2.45) is 0 Å². The fourth-order valence-electron chi connectivity index (χ4n) is 0.730. The number of rotatable bonds is 9. The van der Waals surface area contributed by atoms with E-state index in [9.17, 15) is 5.11 Å². The molecule has 0 fully saturated rings. The monoisotopic (exact) mass is 190 g/mol. The van der Waals surface area contributed by atoms with E-state index in [-0.39, 0.29) is 6.61 Å². The van der Waals surface area contributed by atoms with E-state index in [4.69, 9.17) is 9.47 Å². The van der Waals surface area contributed by atoms with Gasteiger partial charge >= 0.3 is 0 Å². The van der Waals surface area contributed by atoms with Crippen molar-refractivity contribution < 1.29 is 14.6 Å². The number of hydrogen-bond acceptors (Lipinski definition) is 3. The lowest BCUT2D eigenvalue weighted by molar-refractivity contribution is 0.0346. The van der Waals surface area contributed by atoms with Crippen LogP contribution < -0.4 is 0 Å². The zero-order chi connectivity index (χ0) is 9.94. The zero-order valence-corrected chi connectivity index (χ0v) is 8.62. The first kappa shape index (κ1) is 12.8. The van der Waals surface area contributed by atoms with E-state index in [1.54, 1.807) is 0 Å². The summed E-state index contributed by atoms with van der Waals surface area (Å²) in [6.45, 7) is 3.38. The van der Waals surface area contributed by atoms with Gasteiger partial charge in [-0.1, -0.05) is 0 Å². The van der Waals surface area contributed by atoms with E-state index in [1.807, 2.05) is 14.1 Å². The molecular formula is C9H20NO3. The summed E-state index contributed by atoms with van der Waals surface area (Å²) in [7, 11) is 4.02. The predicted molar refractivity (Wildman–Crippen MR) is 50.4 cm³/mol. The molecule has 4 heteroatoms. The minimum atomic E-state index is -0.0541. The number of likely N-dealkylation sites (N-methyl/N-ethyl adjacent to an activating group) is 1. The Labute approximate surface area is 80.4 Å². The second-order valence-electron chi connectivity index (χ2n) is 3.09. The summed E-state index contributed by atoms with van der Waals surface area (Å²) in [5.74, 6) is 0. The summed E-state index contributed by atoms with van der Waals surface area (Å²) in [5.41, 5.74) is 0. The Balaban J connectivity index is 2.84. The van der Waals surface area contributed by atoms with Crippen molar-refractivity contribution in [3.05, 3.63) is 0 Å². The topological polar surface area (TPSA) is 41.6 Å². The van der Waals surface area contributed by atoms with Gasteiger partial charge in [-0.15, -0.1) is 0 Å². The van der Waals surface area contributed by atoms with Crippen LogP contribution in [0.4, 0.5) is 0 Å². The molecule has 0 atom stereocenters. The van der Waals surface area contributed by atoms with Gasteiger partial charge in [-0.2, -0.15) is 0 Å². The fourth-order valence-corrected chi connectivity index (χ4v) is 0.730. The summed E-state index contributed by atoms with van der Waals surface area (Å²) in [4.78, 5) is 2.07. The first-order chi connectivity index (χ1) is 6.27. The van der Waals surface area contributed by atoms with Crippen molar-refractivity contribution in [2.75, 3.05) is 53.7 Å². The summed E-state index contributed by atoms with van der Waals surface area (Å²) < 4.78 is 10.4. The molecule has 0 aromatic carbocycles. The highest BCUT2D eigenvalue weighted by Crippen LogP contribution is 1.83. The summed E-state index contributed by atoms with van der Waals surface area (Å²) >= 11 is 0. The Kier molecular flexibility index (Phi) is 9.80. The quantitative estimate of drug-likeness (QED) is 0.494. The minimum Gasteiger partial charge on any atom is -0.379 e. The first-order valence-corrected chi connectivity index (χ1v) is 4.65. The molecule has 4 nitrogen and oxygen atoms in total. The van der Waals surface area contributed by atoms with Gasteiger partial charge in [-0.3, -0.25) is 0 Å². The maximum absolute atomic E-state index is 10.0. The fraction of sp³-hybridized carbons (Fsp3) is 1.00. The van der Waals surface area contributed by atoms with Crippen molar-refractivity contribution in [1.82, 2.24) is 4.90 Å². The molecule has 0 aromatic rings. The van der Waals surface area contributed by atoms with Crippen molar-refractivity contribution >= 4 is 0 Å². The highest BCUT2D eigenvalue weighted by atomic mass is 16.5. The minimum absolute atomic E-state index is 0.0541. The Morgan fingerprint density at radius 2 is 1.62 bits per heavy atom. The summed E-state index contributed by atoms with van der Waals surface area (Å²) in [6, 6.07) is 0. The molecule has 0 aliphatic rings. The first-order valence-electron chi connectivity index (χ1n) is 4.65. The molecule has 0 aliphatic heterocycles. The van der Waals surface area contributed by atoms with Gasteiger partial charge in [-0.05, 0) is 20.5 Å². The highest BCUT2D eigenvalue weighted by molar-refractivity contribution is 4.40. The van der Waals surface area contributed by atoms with Crippen LogP contribution in [0.2, 0.25) is 0 Å². The average Bonchev–Trinajstić information content (AvgIpc) is 2.09. The summed E-state index contributed by atoms with van der Waals surface area (Å²) in [6.07, 6.45) is 0.595. The SMILES string of the molecule is CN(C)CCOCCOCCC[O]. The van der Waals surface area contributed by atoms with Gasteiger partial charge in [0.1, 0.15) is 0 Å². The van der Waals surface area contributed by atoms with Crippen LogP contribution in [-0.2, 0) is 14.6 Å². The molecule has 0 N–H and O–H groups in total. The molecule has 79 valence electrons. The normalized spacial score (nSPS) is 11.1.